The maximum atomic E-state index is 12.4. The second kappa shape index (κ2) is 21.9. The summed E-state index contributed by atoms with van der Waals surface area (Å²) in [5, 5.41) is 44.8. The number of β-amino-alcohol motifs (C(OH)–C–C–N with tert-alkyl or cyclic N) is 1. The van der Waals surface area contributed by atoms with Crippen LogP contribution in [0.3, 0.4) is 0 Å². The molecule has 11 N–H and O–H groups in total. The van der Waals surface area contributed by atoms with E-state index in [9.17, 15) is 38.8 Å². The van der Waals surface area contributed by atoms with E-state index >= 15 is 0 Å². The summed E-state index contributed by atoms with van der Waals surface area (Å²) in [5.74, 6) is 0.113. The number of nitrogen functional groups attached to an aromatic ring is 1. The zero-order chi connectivity index (χ0) is 55.2. The summed E-state index contributed by atoms with van der Waals surface area (Å²) in [4.78, 5) is 52.0. The van der Waals surface area contributed by atoms with Gasteiger partial charge in [0.15, 0.2) is 28.9 Å². The lowest BCUT2D eigenvalue weighted by Crippen LogP contribution is -2.41. The summed E-state index contributed by atoms with van der Waals surface area (Å²) in [5.41, 5.74) is 12.7. The lowest BCUT2D eigenvalue weighted by molar-refractivity contribution is -0.401. The number of hydrogen-bond donors (Lipinski definition) is 10. The number of aromatic nitrogens is 4. The Morgan fingerprint density at radius 2 is 1.49 bits per heavy atom. The second-order valence-electron chi connectivity index (χ2n) is 20.1. The van der Waals surface area contributed by atoms with E-state index in [2.05, 4.69) is 180 Å². The first-order valence-electron chi connectivity index (χ1n) is 24.8. The van der Waals surface area contributed by atoms with Gasteiger partial charge in [-0.15, -0.1) is 0 Å². The van der Waals surface area contributed by atoms with Gasteiger partial charge in [-0.25, -0.2) is 28.6 Å². The first-order chi connectivity index (χ1) is 36.4. The maximum Gasteiger partial charge on any atom is 0.490 e. The summed E-state index contributed by atoms with van der Waals surface area (Å²) in [6.07, 6.45) is 6.33. The number of rotatable bonds is 21. The molecule has 26 heteroatoms. The van der Waals surface area contributed by atoms with Crippen LogP contribution in [0.15, 0.2) is 115 Å². The molecule has 9 rings (SSSR count). The van der Waals surface area contributed by atoms with Gasteiger partial charge in [-0.3, -0.25) is 14.4 Å². The number of anilines is 3. The minimum absolute atomic E-state index is 0.00337. The molecule has 77 heavy (non-hydrogen) atoms. The Kier molecular flexibility index (Phi) is 16.0. The molecule has 23 nitrogen and oxygen atoms in total. The molecule has 7 unspecified atom stereocenters. The highest BCUT2D eigenvalue weighted by molar-refractivity contribution is 7.66. The van der Waals surface area contributed by atoms with Crippen molar-refractivity contribution >= 4 is 85.0 Å². The molecule has 1 fully saturated rings. The van der Waals surface area contributed by atoms with E-state index in [0.29, 0.717) is 38.9 Å². The van der Waals surface area contributed by atoms with Crippen molar-refractivity contribution < 1.29 is 71.0 Å². The highest BCUT2D eigenvalue weighted by Crippen LogP contribution is 2.66. The summed E-state index contributed by atoms with van der Waals surface area (Å²) >= 11 is 0. The molecule has 1 saturated heterocycles. The normalized spacial score (nSPS) is 22.7. The summed E-state index contributed by atoms with van der Waals surface area (Å²) < 4.78 is 56.7. The van der Waals surface area contributed by atoms with E-state index in [0.717, 1.165) is 28.5 Å². The Labute approximate surface area is 443 Å². The van der Waals surface area contributed by atoms with Gasteiger partial charge in [0.1, 0.15) is 37.9 Å². The van der Waals surface area contributed by atoms with Crippen LogP contribution in [0.5, 0.6) is 0 Å². The molecule has 0 radical (unpaired) electrons. The molecule has 3 aliphatic rings. The number of phosphoric acid groups is 3. The van der Waals surface area contributed by atoms with E-state index in [-0.39, 0.29) is 28.3 Å². The van der Waals surface area contributed by atoms with E-state index in [1.54, 1.807) is 0 Å². The molecule has 0 saturated carbocycles. The molecule has 2 aromatic heterocycles. The van der Waals surface area contributed by atoms with E-state index in [4.69, 9.17) is 20.3 Å². The third kappa shape index (κ3) is 11.6. The standard InChI is InChI=1S/C51H62N9O14P3/c1-50(2)38(58(5)35-24-22-31-16-10-12-18-33(31)41(35)50)20-8-6-9-21-39-51(3,4)42-34-19-13-11-17-32(34)23-25-36(42)59(39)28-40(61)53-26-14-7-15-27-54-49-57-43-46(52)55-30-56-47(43)60(49)48-45(63)44(62)37(72-48)29-71-76(67,68)74-77(69,70)73-75(64,65)66/h6,8-13,16-25,30,37,40,44-45,48,53,61-63H,7,14-15,26-29H2,1-5H3,(H6-,52,54,55,56,57,64,65,66,67,68,69,70)/p+1. The Bertz CT molecular complexity index is 3510. The SMILES string of the molecule is C[N+]1=C(C=CC=CC=C2N(CC(O)NCCCCCNc3nc4c(N)ncnc4n3C3OC(COP(=O)(O)OP(=O)(O)OP(=O)(O)O)C(O)C3O)c3ccc4ccccc4c3C2(C)C)C(C)(C)c2c1ccc1ccccc21. The highest BCUT2D eigenvalue weighted by Gasteiger charge is 2.49. The molecule has 4 aromatic carbocycles. The fraction of sp³-hybridized carbons (Fsp3) is 0.373. The number of phosphoric ester groups is 1. The van der Waals surface area contributed by atoms with Crippen molar-refractivity contribution in [2.45, 2.75) is 88.6 Å². The van der Waals surface area contributed by atoms with Crippen molar-refractivity contribution in [3.05, 3.63) is 126 Å². The zero-order valence-corrected chi connectivity index (χ0v) is 45.5. The Balaban J connectivity index is 0.821. The number of hydrogen-bond acceptors (Lipinski definition) is 17. The summed E-state index contributed by atoms with van der Waals surface area (Å²) in [6, 6.07) is 25.5. The molecule has 3 aliphatic heterocycles. The van der Waals surface area contributed by atoms with Crippen LogP contribution in [0.4, 0.5) is 23.1 Å². The zero-order valence-electron chi connectivity index (χ0n) is 42.8. The van der Waals surface area contributed by atoms with Crippen LogP contribution < -0.4 is 21.3 Å². The number of fused-ring (bicyclic) bond motifs is 7. The lowest BCUT2D eigenvalue weighted by atomic mass is 9.79. The maximum absolute atomic E-state index is 12.4. The van der Waals surface area contributed by atoms with Crippen molar-refractivity contribution in [1.82, 2.24) is 24.8 Å². The van der Waals surface area contributed by atoms with E-state index in [1.807, 2.05) is 6.07 Å². The smallest absolute Gasteiger partial charge is 0.387 e. The number of nitrogens with one attached hydrogen (secondary N) is 2. The van der Waals surface area contributed by atoms with Gasteiger partial charge in [0, 0.05) is 41.1 Å². The second-order valence-corrected chi connectivity index (χ2v) is 24.5. The number of nitrogens with zero attached hydrogens (tertiary/aromatic N) is 6. The average Bonchev–Trinajstić information content (AvgIpc) is 4.12. The van der Waals surface area contributed by atoms with Crippen LogP contribution in [-0.2, 0) is 42.4 Å². The molecular formula is C51H63N9O14P3+. The summed E-state index contributed by atoms with van der Waals surface area (Å²) in [6.45, 7) is 9.12. The fourth-order valence-corrected chi connectivity index (χ4v) is 13.8. The number of nitrogens with two attached hydrogens (primary N) is 1. The van der Waals surface area contributed by atoms with Crippen LogP contribution in [0.1, 0.15) is 64.3 Å². The van der Waals surface area contributed by atoms with Crippen molar-refractivity contribution in [1.29, 1.82) is 0 Å². The number of allylic oxidation sites excluding steroid dienone is 6. The predicted octanol–water partition coefficient (Wildman–Crippen LogP) is 6.67. The number of aliphatic hydroxyl groups excluding tert-OH is 3. The molecule has 0 amide bonds. The molecule has 0 aliphatic carbocycles. The molecule has 6 aromatic rings. The number of imidazole rings is 1. The van der Waals surface area contributed by atoms with Gasteiger partial charge >= 0.3 is 23.5 Å². The van der Waals surface area contributed by atoms with Crippen LogP contribution in [-0.4, -0.2) is 123 Å². The third-order valence-electron chi connectivity index (χ3n) is 14.2. The number of benzene rings is 4. The third-order valence-corrected chi connectivity index (χ3v) is 18.0. The van der Waals surface area contributed by atoms with Gasteiger partial charge < -0.3 is 55.6 Å². The Morgan fingerprint density at radius 3 is 2.21 bits per heavy atom. The largest absolute Gasteiger partial charge is 0.490 e. The minimum Gasteiger partial charge on any atom is -0.387 e. The van der Waals surface area contributed by atoms with Gasteiger partial charge in [0.25, 0.3) is 0 Å². The van der Waals surface area contributed by atoms with Gasteiger partial charge in [0.2, 0.25) is 11.6 Å². The molecule has 410 valence electrons. The summed E-state index contributed by atoms with van der Waals surface area (Å²) in [7, 11) is -14.9. The van der Waals surface area contributed by atoms with Crippen LogP contribution in [0, 0.1) is 0 Å². The van der Waals surface area contributed by atoms with Gasteiger partial charge in [-0.05, 0) is 78.6 Å². The average molecular weight is 1120 g/mol. The number of unbranched alkanes of at least 4 members (excludes halogenated alkanes) is 2. The fourth-order valence-electron chi connectivity index (χ4n) is 10.8. The molecular weight excluding hydrogens is 1060 g/mol. The monoisotopic (exact) mass is 1120 g/mol. The topological polar surface area (TPSA) is 330 Å². The van der Waals surface area contributed by atoms with E-state index in [1.165, 1.54) is 37.9 Å². The lowest BCUT2D eigenvalue weighted by Gasteiger charge is -2.29. The van der Waals surface area contributed by atoms with Gasteiger partial charge in [-0.1, -0.05) is 93.1 Å². The van der Waals surface area contributed by atoms with Crippen molar-refractivity contribution in [2.75, 3.05) is 49.2 Å². The molecule has 0 spiro atoms. The molecule has 7 atom stereocenters. The van der Waals surface area contributed by atoms with Crippen molar-refractivity contribution in [2.24, 2.45) is 0 Å². The first kappa shape index (κ1) is 56.2. The van der Waals surface area contributed by atoms with Gasteiger partial charge in [-0.2, -0.15) is 13.2 Å². The number of ether oxygens (including phenoxy) is 1. The van der Waals surface area contributed by atoms with Crippen LogP contribution in [0.25, 0.3) is 32.7 Å². The van der Waals surface area contributed by atoms with Crippen LogP contribution >= 0.6 is 23.5 Å². The molecule has 0 bridgehead atoms. The van der Waals surface area contributed by atoms with Crippen LogP contribution in [0.2, 0.25) is 0 Å². The Hall–Kier alpha value is -5.55. The minimum atomic E-state index is -5.81. The highest BCUT2D eigenvalue weighted by atomic mass is 31.3. The number of aliphatic hydroxyl groups is 3. The van der Waals surface area contributed by atoms with Crippen molar-refractivity contribution in [3.63, 3.8) is 0 Å². The van der Waals surface area contributed by atoms with Crippen molar-refractivity contribution in [3.8, 4) is 0 Å². The predicted molar refractivity (Wildman–Crippen MR) is 290 cm³/mol. The Morgan fingerprint density at radius 1 is 0.818 bits per heavy atom. The quantitative estimate of drug-likeness (QED) is 0.0118. The van der Waals surface area contributed by atoms with Gasteiger partial charge in [0.05, 0.1) is 18.6 Å². The van der Waals surface area contributed by atoms with E-state index < -0.39 is 66.3 Å². The first-order valence-corrected chi connectivity index (χ1v) is 29.3. The molecule has 5 heterocycles.